The maximum absolute atomic E-state index is 12.7. The lowest BCUT2D eigenvalue weighted by Crippen LogP contribution is -2.09. The summed E-state index contributed by atoms with van der Waals surface area (Å²) < 4.78 is 28.7. The maximum atomic E-state index is 12.7. The van der Waals surface area contributed by atoms with E-state index >= 15 is 0 Å². The Bertz CT molecular complexity index is 1360. The Morgan fingerprint density at radius 2 is 1.18 bits per heavy atom. The van der Waals surface area contributed by atoms with Crippen LogP contribution in [0, 0.1) is 6.92 Å². The van der Waals surface area contributed by atoms with Crippen molar-refractivity contribution in [1.82, 2.24) is 0 Å². The lowest BCUT2D eigenvalue weighted by atomic mass is 10.2. The molecule has 3 aromatic rings. The molecule has 0 saturated heterocycles. The van der Waals surface area contributed by atoms with Gasteiger partial charge in [0.05, 0.1) is 32.0 Å². The Morgan fingerprint density at radius 1 is 0.633 bits per heavy atom. The van der Waals surface area contributed by atoms with Crippen molar-refractivity contribution >= 4 is 5.97 Å². The highest BCUT2D eigenvalue weighted by Gasteiger charge is 2.11. The molecule has 49 heavy (non-hydrogen) atoms. The normalized spacial score (nSPS) is 10.9. The fourth-order valence-corrected chi connectivity index (χ4v) is 4.40. The molecule has 0 amide bonds. The lowest BCUT2D eigenvalue weighted by molar-refractivity contribution is -0.286. The van der Waals surface area contributed by atoms with Crippen molar-refractivity contribution in [2.75, 3.05) is 39.8 Å². The Kier molecular flexibility index (Phi) is 19.5. The number of rotatable bonds is 27. The highest BCUT2D eigenvalue weighted by molar-refractivity contribution is 5.91. The zero-order valence-corrected chi connectivity index (χ0v) is 28.8. The average molecular weight is 679 g/mol. The van der Waals surface area contributed by atoms with Crippen LogP contribution in [0.5, 0.6) is 28.7 Å². The molecule has 10 heteroatoms. The van der Waals surface area contributed by atoms with Crippen LogP contribution in [0.4, 0.5) is 0 Å². The van der Waals surface area contributed by atoms with Gasteiger partial charge in [0.1, 0.15) is 41.6 Å². The van der Waals surface area contributed by atoms with E-state index in [0.29, 0.717) is 61.6 Å². The summed E-state index contributed by atoms with van der Waals surface area (Å²) in [6, 6.07) is 19.6. The predicted octanol–water partition coefficient (Wildman–Crippen LogP) is 9.12. The SMILES string of the molecule is C=CCOOCCCCCCOc1ccc(OCOc2ccc(OC(=O)c3ccc(OCCCCCCOO/C=C/C)cc3)cc2C)cc1. The van der Waals surface area contributed by atoms with Crippen molar-refractivity contribution in [2.24, 2.45) is 0 Å². The first-order chi connectivity index (χ1) is 24.1. The molecule has 0 atom stereocenters. The average Bonchev–Trinajstić information content (AvgIpc) is 3.11. The quantitative estimate of drug-likeness (QED) is 0.0113. The third-order valence-electron chi connectivity index (χ3n) is 7.02. The van der Waals surface area contributed by atoms with Crippen molar-refractivity contribution in [1.29, 1.82) is 0 Å². The third kappa shape index (κ3) is 16.9. The highest BCUT2D eigenvalue weighted by atomic mass is 17.2. The van der Waals surface area contributed by atoms with Gasteiger partial charge in [0.2, 0.25) is 6.79 Å². The number of carbonyl (C=O) groups excluding carboxylic acids is 1. The molecule has 10 nitrogen and oxygen atoms in total. The molecule has 0 fully saturated rings. The summed E-state index contributed by atoms with van der Waals surface area (Å²) >= 11 is 0. The standard InChI is InChI=1S/C39H50O10/c1-4-24-45-47-28-12-8-6-10-26-41-34-16-14-33(15-17-34)39(40)49-37-22-23-38(32(3)30-37)44-31-43-36-20-18-35(19-21-36)42-27-11-7-9-13-29-48-46-25-5-2/h4-5,14-24,30H,2,6-13,25-29,31H2,1,3H3/b24-4+. The van der Waals surface area contributed by atoms with Gasteiger partial charge in [-0.3, -0.25) is 0 Å². The van der Waals surface area contributed by atoms with E-state index in [9.17, 15) is 4.79 Å². The number of benzene rings is 3. The monoisotopic (exact) mass is 678 g/mol. The molecule has 0 bridgehead atoms. The van der Waals surface area contributed by atoms with Gasteiger partial charge >= 0.3 is 5.97 Å². The van der Waals surface area contributed by atoms with Crippen molar-refractivity contribution in [3.05, 3.63) is 103 Å². The van der Waals surface area contributed by atoms with Crippen molar-refractivity contribution in [3.63, 3.8) is 0 Å². The maximum Gasteiger partial charge on any atom is 0.343 e. The van der Waals surface area contributed by atoms with E-state index in [0.717, 1.165) is 62.7 Å². The number of hydrogen-bond donors (Lipinski definition) is 0. The Morgan fingerprint density at radius 3 is 1.78 bits per heavy atom. The van der Waals surface area contributed by atoms with E-state index in [-0.39, 0.29) is 6.79 Å². The van der Waals surface area contributed by atoms with Crippen LogP contribution >= 0.6 is 0 Å². The Balaban J connectivity index is 1.28. The minimum absolute atomic E-state index is 0.0263. The Labute approximate surface area is 290 Å². The van der Waals surface area contributed by atoms with Crippen LogP contribution in [0.1, 0.15) is 74.2 Å². The van der Waals surface area contributed by atoms with E-state index in [1.807, 2.05) is 38.1 Å². The first kappa shape index (κ1) is 38.9. The number of ether oxygens (including phenoxy) is 5. The summed E-state index contributed by atoms with van der Waals surface area (Å²) in [5.41, 5.74) is 1.24. The molecule has 0 unspecified atom stereocenters. The molecule has 266 valence electrons. The molecule has 3 rings (SSSR count). The fraction of sp³-hybridized carbons (Fsp3) is 0.410. The summed E-state index contributed by atoms with van der Waals surface area (Å²) in [6.07, 6.45) is 12.9. The van der Waals surface area contributed by atoms with E-state index in [4.69, 9.17) is 43.2 Å². The smallest absolute Gasteiger partial charge is 0.343 e. The van der Waals surface area contributed by atoms with Gasteiger partial charge in [-0.2, -0.15) is 4.89 Å². The van der Waals surface area contributed by atoms with Crippen LogP contribution in [0.15, 0.2) is 91.7 Å². The van der Waals surface area contributed by atoms with E-state index in [2.05, 4.69) is 6.58 Å². The lowest BCUT2D eigenvalue weighted by Gasteiger charge is -2.12. The van der Waals surface area contributed by atoms with Gasteiger partial charge in [0.15, 0.2) is 0 Å². The predicted molar refractivity (Wildman–Crippen MR) is 187 cm³/mol. The third-order valence-corrected chi connectivity index (χ3v) is 7.02. The first-order valence-corrected chi connectivity index (χ1v) is 16.9. The Hall–Kier alpha value is -4.51. The van der Waals surface area contributed by atoms with Gasteiger partial charge in [-0.15, -0.1) is 6.58 Å². The van der Waals surface area contributed by atoms with Crippen LogP contribution in [-0.4, -0.2) is 45.8 Å². The number of hydrogen-bond acceptors (Lipinski definition) is 10. The molecule has 0 aromatic heterocycles. The number of aryl methyl sites for hydroxylation is 1. The molecule has 0 N–H and O–H groups in total. The van der Waals surface area contributed by atoms with Crippen molar-refractivity contribution in [3.8, 4) is 28.7 Å². The van der Waals surface area contributed by atoms with E-state index < -0.39 is 5.97 Å². The van der Waals surface area contributed by atoms with Crippen molar-refractivity contribution < 1.29 is 48.0 Å². The first-order valence-electron chi connectivity index (χ1n) is 16.9. The summed E-state index contributed by atoms with van der Waals surface area (Å²) in [6.45, 7) is 10.1. The molecule has 0 aliphatic carbocycles. The molecule has 0 saturated carbocycles. The summed E-state index contributed by atoms with van der Waals surface area (Å²) in [5, 5.41) is 0. The summed E-state index contributed by atoms with van der Waals surface area (Å²) in [4.78, 5) is 32.5. The zero-order valence-electron chi connectivity index (χ0n) is 28.8. The molecular formula is C39H50O10. The van der Waals surface area contributed by atoms with E-state index in [1.165, 1.54) is 6.26 Å². The fourth-order valence-electron chi connectivity index (χ4n) is 4.40. The number of carbonyl (C=O) groups is 1. The topological polar surface area (TPSA) is 100 Å². The van der Waals surface area contributed by atoms with Crippen LogP contribution < -0.4 is 23.7 Å². The summed E-state index contributed by atoms with van der Waals surface area (Å²) in [7, 11) is 0. The molecule has 0 heterocycles. The van der Waals surface area contributed by atoms with Gasteiger partial charge in [-0.1, -0.05) is 18.9 Å². The second-order valence-electron chi connectivity index (χ2n) is 11.0. The van der Waals surface area contributed by atoms with Gasteiger partial charge in [-0.05, 0) is 131 Å². The second-order valence-corrected chi connectivity index (χ2v) is 11.0. The molecule has 0 spiro atoms. The van der Waals surface area contributed by atoms with Crippen LogP contribution in [-0.2, 0) is 19.6 Å². The number of allylic oxidation sites excluding steroid dienone is 1. The molecule has 3 aromatic carbocycles. The molecule has 0 aliphatic rings. The van der Waals surface area contributed by atoms with Gasteiger partial charge < -0.3 is 28.6 Å². The molecule has 0 aliphatic heterocycles. The van der Waals surface area contributed by atoms with Gasteiger partial charge in [-0.25, -0.2) is 14.6 Å². The minimum atomic E-state index is -0.452. The van der Waals surface area contributed by atoms with Crippen molar-refractivity contribution in [2.45, 2.75) is 65.2 Å². The van der Waals surface area contributed by atoms with E-state index in [1.54, 1.807) is 54.6 Å². The second kappa shape index (κ2) is 24.6. The van der Waals surface area contributed by atoms with Gasteiger partial charge in [0, 0.05) is 0 Å². The van der Waals surface area contributed by atoms with Crippen LogP contribution in [0.25, 0.3) is 0 Å². The number of esters is 1. The number of unbranched alkanes of at least 4 members (excludes halogenated alkanes) is 6. The largest absolute Gasteiger partial charge is 0.494 e. The highest BCUT2D eigenvalue weighted by Crippen LogP contribution is 2.25. The van der Waals surface area contributed by atoms with Crippen LogP contribution in [0.2, 0.25) is 0 Å². The zero-order chi connectivity index (χ0) is 34.8. The molecule has 0 radical (unpaired) electrons. The van der Waals surface area contributed by atoms with Gasteiger partial charge in [0.25, 0.3) is 0 Å². The van der Waals surface area contributed by atoms with Crippen LogP contribution in [0.3, 0.4) is 0 Å². The minimum Gasteiger partial charge on any atom is -0.494 e. The summed E-state index contributed by atoms with van der Waals surface area (Å²) in [5.74, 6) is 2.76. The molecular weight excluding hydrogens is 628 g/mol.